The minimum Gasteiger partial charge on any atom is -0.494 e. The molecular formula is C72H61N3O6. The molecule has 10 aromatic carbocycles. The quantitative estimate of drug-likeness (QED) is 0.0618. The lowest BCUT2D eigenvalue weighted by molar-refractivity contribution is 0.340. The molecular weight excluding hydrogens is 1000 g/mol. The molecule has 0 N–H and O–H groups in total. The van der Waals surface area contributed by atoms with Crippen LogP contribution in [0.4, 0.5) is 51.2 Å². The van der Waals surface area contributed by atoms with Crippen molar-refractivity contribution in [3.05, 3.63) is 237 Å². The molecule has 0 bridgehead atoms. The molecule has 0 aliphatic rings. The maximum absolute atomic E-state index is 5.98. The van der Waals surface area contributed by atoms with Gasteiger partial charge in [-0.3, -0.25) is 0 Å². The monoisotopic (exact) mass is 1060 g/mol. The Hall–Kier alpha value is -10.5. The van der Waals surface area contributed by atoms with Crippen LogP contribution in [0.3, 0.4) is 0 Å². The van der Waals surface area contributed by atoms with E-state index < -0.39 is 0 Å². The van der Waals surface area contributed by atoms with Crippen LogP contribution in [0.5, 0.6) is 34.5 Å². The topological polar surface area (TPSA) is 65.1 Å². The standard InChI is InChI=1S/C72H61N3O6/c1-7-76-67-25-13-19-61(46-67)73(62-20-14-26-68(47-62)77-8-2)58-37-31-52(32-38-58)55-43-56(53-33-39-59(40-34-53)74(63-21-15-27-69(48-63)78-9-3)64-22-16-28-70(49-64)79-10-4)45-57(44-55)54-35-41-60(42-36-54)75(65-23-17-29-71(50-65)80-11-5)66-24-18-30-72(51-66)81-12-6/h1,3,13-51H,8,10-12H2,2,4-6H3. The molecule has 0 amide bonds. The van der Waals surface area contributed by atoms with Gasteiger partial charge in [0.1, 0.15) is 46.7 Å². The number of rotatable bonds is 22. The number of hydrogen-bond donors (Lipinski definition) is 0. The van der Waals surface area contributed by atoms with Gasteiger partial charge in [-0.05, 0) is 188 Å². The number of benzene rings is 10. The molecule has 0 aliphatic carbocycles. The average molecular weight is 1060 g/mol. The summed E-state index contributed by atoms with van der Waals surface area (Å²) < 4.78 is 34.9. The molecule has 9 nitrogen and oxygen atoms in total. The van der Waals surface area contributed by atoms with Crippen LogP contribution in [0, 0.1) is 25.1 Å². The fourth-order valence-corrected chi connectivity index (χ4v) is 9.90. The van der Waals surface area contributed by atoms with Crippen molar-refractivity contribution < 1.29 is 28.4 Å². The molecule has 0 saturated heterocycles. The van der Waals surface area contributed by atoms with Crippen molar-refractivity contribution in [1.82, 2.24) is 0 Å². The largest absolute Gasteiger partial charge is 0.494 e. The van der Waals surface area contributed by atoms with Crippen molar-refractivity contribution in [2.24, 2.45) is 0 Å². The summed E-state index contributed by atoms with van der Waals surface area (Å²) in [6, 6.07) is 80.7. The van der Waals surface area contributed by atoms with Gasteiger partial charge in [0.05, 0.1) is 26.4 Å². The molecule has 81 heavy (non-hydrogen) atoms. The highest BCUT2D eigenvalue weighted by molar-refractivity contribution is 5.86. The summed E-state index contributed by atoms with van der Waals surface area (Å²) in [7, 11) is 0. The number of hydrogen-bond acceptors (Lipinski definition) is 9. The van der Waals surface area contributed by atoms with E-state index in [4.69, 9.17) is 41.3 Å². The summed E-state index contributed by atoms with van der Waals surface area (Å²) in [5.74, 6) is 4.25. The summed E-state index contributed by atoms with van der Waals surface area (Å²) in [6.07, 6.45) is 15.8. The van der Waals surface area contributed by atoms with Gasteiger partial charge < -0.3 is 43.1 Å². The lowest BCUT2D eigenvalue weighted by Crippen LogP contribution is -2.10. The number of anilines is 9. The lowest BCUT2D eigenvalue weighted by Gasteiger charge is -2.27. The number of nitrogens with zero attached hydrogens (tertiary/aromatic N) is 3. The number of ether oxygens (including phenoxy) is 6. The van der Waals surface area contributed by atoms with E-state index in [-0.39, 0.29) is 0 Å². The van der Waals surface area contributed by atoms with Gasteiger partial charge in [-0.2, -0.15) is 0 Å². The second-order valence-electron chi connectivity index (χ2n) is 18.6. The molecule has 400 valence electrons. The van der Waals surface area contributed by atoms with E-state index in [0.717, 1.165) is 108 Å². The van der Waals surface area contributed by atoms with Crippen molar-refractivity contribution in [2.45, 2.75) is 27.7 Å². The molecule has 0 saturated carbocycles. The molecule has 0 aromatic heterocycles. The Morgan fingerprint density at radius 2 is 0.481 bits per heavy atom. The van der Waals surface area contributed by atoms with Crippen LogP contribution in [0.25, 0.3) is 33.4 Å². The summed E-state index contributed by atoms with van der Waals surface area (Å²) >= 11 is 0. The minimum atomic E-state index is 0.546. The molecule has 9 heteroatoms. The zero-order valence-electron chi connectivity index (χ0n) is 45.8. The van der Waals surface area contributed by atoms with Gasteiger partial charge in [-0.25, -0.2) is 0 Å². The zero-order chi connectivity index (χ0) is 55.9. The predicted molar refractivity (Wildman–Crippen MR) is 330 cm³/mol. The van der Waals surface area contributed by atoms with E-state index in [1.165, 1.54) is 0 Å². The highest BCUT2D eigenvalue weighted by atomic mass is 16.5. The van der Waals surface area contributed by atoms with Gasteiger partial charge in [-0.1, -0.05) is 85.6 Å². The first-order valence-electron chi connectivity index (χ1n) is 27.1. The molecule has 0 aliphatic heterocycles. The maximum Gasteiger partial charge on any atom is 0.142 e. The Morgan fingerprint density at radius 1 is 0.259 bits per heavy atom. The van der Waals surface area contributed by atoms with E-state index in [1.54, 1.807) is 0 Å². The second-order valence-corrected chi connectivity index (χ2v) is 18.6. The van der Waals surface area contributed by atoms with E-state index in [0.29, 0.717) is 37.9 Å². The third-order valence-corrected chi connectivity index (χ3v) is 13.4. The summed E-state index contributed by atoms with van der Waals surface area (Å²) in [4.78, 5) is 6.56. The normalized spacial score (nSPS) is 10.6. The van der Waals surface area contributed by atoms with E-state index in [9.17, 15) is 0 Å². The maximum atomic E-state index is 5.98. The Morgan fingerprint density at radius 3 is 0.704 bits per heavy atom. The fraction of sp³-hybridized carbons (Fsp3) is 0.111. The van der Waals surface area contributed by atoms with Gasteiger partial charge >= 0.3 is 0 Å². The van der Waals surface area contributed by atoms with Crippen LogP contribution < -0.4 is 43.1 Å². The van der Waals surface area contributed by atoms with Crippen LogP contribution in [-0.2, 0) is 0 Å². The smallest absolute Gasteiger partial charge is 0.142 e. The van der Waals surface area contributed by atoms with Gasteiger partial charge in [0, 0.05) is 87.6 Å². The van der Waals surface area contributed by atoms with Crippen molar-refractivity contribution in [2.75, 3.05) is 41.1 Å². The molecule has 0 unspecified atom stereocenters. The molecule has 0 fully saturated rings. The highest BCUT2D eigenvalue weighted by Crippen LogP contribution is 2.43. The van der Waals surface area contributed by atoms with Crippen LogP contribution in [-0.4, -0.2) is 26.4 Å². The molecule has 0 spiro atoms. The highest BCUT2D eigenvalue weighted by Gasteiger charge is 2.20. The minimum absolute atomic E-state index is 0.546. The SMILES string of the molecule is C#COc1cccc(N(c2ccc(-c3cc(-c4ccc(N(c5cccc(OC#C)c5)c5cccc(OCC)c5)cc4)cc(-c4ccc(N(c5cccc(OCC)c5)c5cccc(OCC)c5)cc4)c3)cc2)c2cccc(OCC)c2)c1. The Bertz CT molecular complexity index is 3600. The zero-order valence-corrected chi connectivity index (χ0v) is 45.8. The first-order chi connectivity index (χ1) is 39.8. The van der Waals surface area contributed by atoms with Crippen molar-refractivity contribution >= 4 is 51.2 Å². The third-order valence-electron chi connectivity index (χ3n) is 13.4. The average Bonchev–Trinajstić information content (AvgIpc) is 3.50. The first-order valence-corrected chi connectivity index (χ1v) is 27.1. The Balaban J connectivity index is 1.08. The van der Waals surface area contributed by atoms with E-state index in [1.807, 2.05) is 137 Å². The van der Waals surface area contributed by atoms with Gasteiger partial charge in [0.2, 0.25) is 0 Å². The van der Waals surface area contributed by atoms with Crippen LogP contribution in [0.1, 0.15) is 27.7 Å². The van der Waals surface area contributed by atoms with E-state index >= 15 is 0 Å². The predicted octanol–water partition coefficient (Wildman–Crippen LogP) is 18.6. The van der Waals surface area contributed by atoms with Crippen molar-refractivity contribution in [1.29, 1.82) is 0 Å². The first kappa shape index (κ1) is 53.9. The molecule has 0 heterocycles. The van der Waals surface area contributed by atoms with Gasteiger partial charge in [0.15, 0.2) is 0 Å². The molecule has 0 atom stereocenters. The second kappa shape index (κ2) is 25.8. The molecule has 0 radical (unpaired) electrons. The van der Waals surface area contributed by atoms with E-state index in [2.05, 4.69) is 154 Å². The molecule has 10 aromatic rings. The van der Waals surface area contributed by atoms with Crippen LogP contribution in [0.15, 0.2) is 237 Å². The Labute approximate surface area is 475 Å². The fourth-order valence-electron chi connectivity index (χ4n) is 9.90. The summed E-state index contributed by atoms with van der Waals surface area (Å²) in [5, 5.41) is 0. The van der Waals surface area contributed by atoms with Crippen molar-refractivity contribution in [3.63, 3.8) is 0 Å². The van der Waals surface area contributed by atoms with Gasteiger partial charge in [0.25, 0.3) is 0 Å². The number of terminal acetylenes is 2. The van der Waals surface area contributed by atoms with Crippen LogP contribution in [0.2, 0.25) is 0 Å². The summed E-state index contributed by atoms with van der Waals surface area (Å²) in [6.45, 7) is 10.2. The summed E-state index contributed by atoms with van der Waals surface area (Å²) in [5.41, 5.74) is 14.6. The van der Waals surface area contributed by atoms with Crippen molar-refractivity contribution in [3.8, 4) is 92.9 Å². The van der Waals surface area contributed by atoms with Crippen LogP contribution >= 0.6 is 0 Å². The van der Waals surface area contributed by atoms with Gasteiger partial charge in [-0.15, -0.1) is 0 Å². The lowest BCUT2D eigenvalue weighted by atomic mass is 9.93. The molecule has 10 rings (SSSR count). The Kier molecular flexibility index (Phi) is 17.2. The third kappa shape index (κ3) is 12.8.